The zero-order valence-corrected chi connectivity index (χ0v) is 16.1. The fraction of sp³-hybridized carbons (Fsp3) is 0.579. The number of ether oxygens (including phenoxy) is 1. The Kier molecular flexibility index (Phi) is 9.43. The molecule has 1 aromatic carbocycles. The first kappa shape index (κ1) is 20.8. The summed E-state index contributed by atoms with van der Waals surface area (Å²) in [6.45, 7) is 11.8. The number of benzene rings is 1. The third-order valence-corrected chi connectivity index (χ3v) is 3.27. The van der Waals surface area contributed by atoms with Gasteiger partial charge in [-0.05, 0) is 52.3 Å². The van der Waals surface area contributed by atoms with Crippen LogP contribution in [0, 0.1) is 6.92 Å². The fourth-order valence-corrected chi connectivity index (χ4v) is 2.21. The highest BCUT2D eigenvalue weighted by molar-refractivity contribution is 5.81. The Morgan fingerprint density at radius 1 is 1.24 bits per heavy atom. The minimum atomic E-state index is -0.0403. The predicted molar refractivity (Wildman–Crippen MR) is 103 cm³/mol. The Balaban J connectivity index is 2.44. The van der Waals surface area contributed by atoms with Crippen LogP contribution in [0.1, 0.15) is 39.7 Å². The molecule has 0 aliphatic heterocycles. The molecule has 0 aliphatic carbocycles. The van der Waals surface area contributed by atoms with Crippen LogP contribution in [0.4, 0.5) is 0 Å². The molecule has 3 N–H and O–H groups in total. The van der Waals surface area contributed by atoms with Gasteiger partial charge in [-0.2, -0.15) is 0 Å². The minimum absolute atomic E-state index is 0.0366. The lowest BCUT2D eigenvalue weighted by Crippen LogP contribution is -2.40. The van der Waals surface area contributed by atoms with Crippen LogP contribution in [0.25, 0.3) is 0 Å². The third-order valence-electron chi connectivity index (χ3n) is 3.27. The molecule has 0 saturated heterocycles. The van der Waals surface area contributed by atoms with Gasteiger partial charge in [0.2, 0.25) is 5.91 Å². The number of rotatable bonds is 9. The number of hydrogen-bond donors (Lipinski definition) is 3. The Morgan fingerprint density at radius 2 is 2.00 bits per heavy atom. The molecule has 6 heteroatoms. The van der Waals surface area contributed by atoms with Crippen molar-refractivity contribution in [2.75, 3.05) is 19.6 Å². The molecule has 0 spiro atoms. The van der Waals surface area contributed by atoms with Gasteiger partial charge in [0.05, 0.1) is 6.54 Å². The van der Waals surface area contributed by atoms with Gasteiger partial charge in [0, 0.05) is 25.6 Å². The molecule has 0 radical (unpaired) electrons. The van der Waals surface area contributed by atoms with Crippen LogP contribution >= 0.6 is 0 Å². The van der Waals surface area contributed by atoms with Crippen LogP contribution in [0.2, 0.25) is 0 Å². The van der Waals surface area contributed by atoms with Crippen molar-refractivity contribution in [2.24, 2.45) is 4.99 Å². The highest BCUT2D eigenvalue weighted by atomic mass is 16.5. The molecule has 1 atom stereocenters. The maximum atomic E-state index is 11.7. The maximum Gasteiger partial charge on any atom is 0.221 e. The maximum absolute atomic E-state index is 11.7. The monoisotopic (exact) mass is 348 g/mol. The van der Waals surface area contributed by atoms with Crippen LogP contribution < -0.4 is 20.7 Å². The lowest BCUT2D eigenvalue weighted by Gasteiger charge is -2.15. The average Bonchev–Trinajstić information content (AvgIpc) is 2.52. The highest BCUT2D eigenvalue weighted by Crippen LogP contribution is 2.14. The van der Waals surface area contributed by atoms with Crippen molar-refractivity contribution in [3.8, 4) is 5.75 Å². The summed E-state index contributed by atoms with van der Waals surface area (Å²) in [5.74, 6) is 1.58. The molecule has 25 heavy (non-hydrogen) atoms. The summed E-state index contributed by atoms with van der Waals surface area (Å²) in [4.78, 5) is 16.2. The number of carbonyl (C=O) groups is 1. The Labute approximate surface area is 151 Å². The van der Waals surface area contributed by atoms with Crippen LogP contribution in [0.3, 0.4) is 0 Å². The molecule has 0 saturated carbocycles. The number of aliphatic imine (C=N–C) groups is 1. The van der Waals surface area contributed by atoms with Gasteiger partial charge in [0.1, 0.15) is 11.9 Å². The summed E-state index contributed by atoms with van der Waals surface area (Å²) < 4.78 is 5.88. The second kappa shape index (κ2) is 11.3. The van der Waals surface area contributed by atoms with E-state index in [2.05, 4.69) is 20.9 Å². The van der Waals surface area contributed by atoms with Crippen LogP contribution in [0.15, 0.2) is 29.3 Å². The molecule has 0 aromatic heterocycles. The molecule has 1 amide bonds. The summed E-state index contributed by atoms with van der Waals surface area (Å²) in [6, 6.07) is 8.14. The zero-order chi connectivity index (χ0) is 18.7. The fourth-order valence-electron chi connectivity index (χ4n) is 2.21. The zero-order valence-electron chi connectivity index (χ0n) is 16.1. The normalized spacial score (nSPS) is 12.6. The molecule has 0 bridgehead atoms. The quantitative estimate of drug-likeness (QED) is 0.473. The van der Waals surface area contributed by atoms with Gasteiger partial charge in [0.15, 0.2) is 5.96 Å². The molecule has 6 nitrogen and oxygen atoms in total. The third kappa shape index (κ3) is 9.59. The molecule has 1 aromatic rings. The van der Waals surface area contributed by atoms with Crippen LogP contribution in [0.5, 0.6) is 5.75 Å². The van der Waals surface area contributed by atoms with E-state index in [1.807, 2.05) is 58.9 Å². The van der Waals surface area contributed by atoms with Crippen LogP contribution in [-0.4, -0.2) is 43.6 Å². The Bertz CT molecular complexity index is 558. The molecule has 0 aliphatic rings. The molecular weight excluding hydrogens is 316 g/mol. The van der Waals surface area contributed by atoms with Gasteiger partial charge in [-0.3, -0.25) is 4.79 Å². The van der Waals surface area contributed by atoms with Crippen molar-refractivity contribution in [3.05, 3.63) is 29.8 Å². The number of amides is 1. The molecule has 1 rings (SSSR count). The van der Waals surface area contributed by atoms with Crippen molar-refractivity contribution in [2.45, 2.75) is 53.2 Å². The topological polar surface area (TPSA) is 74.8 Å². The van der Waals surface area contributed by atoms with Crippen molar-refractivity contribution in [3.63, 3.8) is 0 Å². The highest BCUT2D eigenvalue weighted by Gasteiger charge is 2.06. The van der Waals surface area contributed by atoms with E-state index in [0.29, 0.717) is 25.5 Å². The van der Waals surface area contributed by atoms with Gasteiger partial charge in [-0.25, -0.2) is 4.99 Å². The van der Waals surface area contributed by atoms with E-state index < -0.39 is 0 Å². The lowest BCUT2D eigenvalue weighted by atomic mass is 10.2. The number of carbonyl (C=O) groups excluding carboxylic acids is 1. The van der Waals surface area contributed by atoms with Crippen molar-refractivity contribution < 1.29 is 9.53 Å². The van der Waals surface area contributed by atoms with Gasteiger partial charge >= 0.3 is 0 Å². The Morgan fingerprint density at radius 3 is 2.64 bits per heavy atom. The van der Waals surface area contributed by atoms with E-state index in [4.69, 9.17) is 4.74 Å². The predicted octanol–water partition coefficient (Wildman–Crippen LogP) is 2.23. The average molecular weight is 348 g/mol. The smallest absolute Gasteiger partial charge is 0.221 e. The van der Waals surface area contributed by atoms with Crippen molar-refractivity contribution in [1.29, 1.82) is 0 Å². The molecule has 1 unspecified atom stereocenters. The number of guanidine groups is 1. The summed E-state index contributed by atoms with van der Waals surface area (Å²) in [7, 11) is 0. The van der Waals surface area contributed by atoms with Gasteiger partial charge in [-0.15, -0.1) is 0 Å². The van der Waals surface area contributed by atoms with Gasteiger partial charge < -0.3 is 20.7 Å². The first-order valence-electron chi connectivity index (χ1n) is 8.95. The molecular formula is C19H32N4O2. The first-order valence-corrected chi connectivity index (χ1v) is 8.95. The van der Waals surface area contributed by atoms with Gasteiger partial charge in [0.25, 0.3) is 0 Å². The van der Waals surface area contributed by atoms with E-state index in [-0.39, 0.29) is 18.1 Å². The van der Waals surface area contributed by atoms with E-state index >= 15 is 0 Å². The van der Waals surface area contributed by atoms with Crippen molar-refractivity contribution >= 4 is 11.9 Å². The first-order chi connectivity index (χ1) is 11.9. The number of nitrogens with one attached hydrogen (secondary N) is 3. The molecule has 0 heterocycles. The molecule has 0 fully saturated rings. The standard InChI is InChI=1S/C19H32N4O2/c1-6-20-19(21-11-10-18(24)23-14(2)3)22-13-16(5)25-17-9-7-8-15(4)12-17/h7-9,12,14,16H,6,10-11,13H2,1-5H3,(H,23,24)(H2,20,21,22). The second-order valence-corrected chi connectivity index (χ2v) is 6.36. The molecule has 140 valence electrons. The largest absolute Gasteiger partial charge is 0.489 e. The number of hydrogen-bond acceptors (Lipinski definition) is 3. The van der Waals surface area contributed by atoms with Gasteiger partial charge in [-0.1, -0.05) is 12.1 Å². The number of aryl methyl sites for hydroxylation is 1. The summed E-state index contributed by atoms with van der Waals surface area (Å²) in [6.07, 6.45) is 0.374. The lowest BCUT2D eigenvalue weighted by molar-refractivity contribution is -0.121. The summed E-state index contributed by atoms with van der Waals surface area (Å²) in [5, 5.41) is 9.22. The Hall–Kier alpha value is -2.24. The summed E-state index contributed by atoms with van der Waals surface area (Å²) >= 11 is 0. The van der Waals surface area contributed by atoms with E-state index in [1.54, 1.807) is 0 Å². The van der Waals surface area contributed by atoms with E-state index in [0.717, 1.165) is 12.3 Å². The van der Waals surface area contributed by atoms with E-state index in [1.165, 1.54) is 5.56 Å². The number of nitrogens with zero attached hydrogens (tertiary/aromatic N) is 1. The SMILES string of the molecule is CCNC(=NCC(C)Oc1cccc(C)c1)NCCC(=O)NC(C)C. The van der Waals surface area contributed by atoms with Crippen LogP contribution in [-0.2, 0) is 4.79 Å². The summed E-state index contributed by atoms with van der Waals surface area (Å²) in [5.41, 5.74) is 1.17. The second-order valence-electron chi connectivity index (χ2n) is 6.36. The van der Waals surface area contributed by atoms with Crippen molar-refractivity contribution in [1.82, 2.24) is 16.0 Å². The minimum Gasteiger partial charge on any atom is -0.489 e. The van der Waals surface area contributed by atoms with E-state index in [9.17, 15) is 4.79 Å².